The molecule has 1 saturated heterocycles. The van der Waals surface area contributed by atoms with E-state index in [0.29, 0.717) is 6.61 Å². The van der Waals surface area contributed by atoms with Gasteiger partial charge in [-0.3, -0.25) is 0 Å². The van der Waals surface area contributed by atoms with Gasteiger partial charge >= 0.3 is 6.16 Å². The van der Waals surface area contributed by atoms with Crippen LogP contribution in [0, 0.1) is 5.92 Å². The average molecular weight is 341 g/mol. The highest BCUT2D eigenvalue weighted by molar-refractivity contribution is 6.70. The minimum atomic E-state index is -1.71. The molecule has 2 heterocycles. The van der Waals surface area contributed by atoms with E-state index in [4.69, 9.17) is 13.9 Å². The lowest BCUT2D eigenvalue weighted by Gasteiger charge is -2.36. The Bertz CT molecular complexity index is 509. The Morgan fingerprint density at radius 1 is 1.48 bits per heavy atom. The average Bonchev–Trinajstić information content (AvgIpc) is 2.92. The normalized spacial score (nSPS) is 26.2. The Hall–Kier alpha value is -1.47. The molecule has 6 nitrogen and oxygen atoms in total. The molecule has 0 amide bonds. The number of ether oxygens (including phenoxy) is 3. The standard InChI is InChI=1S/C16H27NO5Si/c1-16(2)17-13(11-21-16)12(8-7-9-20-15(18)19-3)10-14(17)22-23(4,5)6/h7-8,10,12-13H,9,11H2,1-6H3/b8-7+/t12?,13-/m1/s1. The smallest absolute Gasteiger partial charge is 0.508 e. The lowest BCUT2D eigenvalue weighted by atomic mass is 10.0. The van der Waals surface area contributed by atoms with Gasteiger partial charge in [0.05, 0.1) is 19.8 Å². The summed E-state index contributed by atoms with van der Waals surface area (Å²) in [6.07, 6.45) is 5.33. The molecule has 23 heavy (non-hydrogen) atoms. The van der Waals surface area contributed by atoms with Crippen molar-refractivity contribution in [2.45, 2.75) is 45.3 Å². The van der Waals surface area contributed by atoms with Crippen molar-refractivity contribution >= 4 is 14.5 Å². The predicted octanol–water partition coefficient (Wildman–Crippen LogP) is 3.09. The lowest BCUT2D eigenvalue weighted by Crippen LogP contribution is -2.44. The van der Waals surface area contributed by atoms with Crippen molar-refractivity contribution in [3.05, 3.63) is 24.1 Å². The Balaban J connectivity index is 2.08. The van der Waals surface area contributed by atoms with Crippen molar-refractivity contribution in [3.8, 4) is 0 Å². The maximum Gasteiger partial charge on any atom is 0.508 e. The number of fused-ring (bicyclic) bond motifs is 1. The molecule has 0 aromatic heterocycles. The first-order chi connectivity index (χ1) is 10.6. The summed E-state index contributed by atoms with van der Waals surface area (Å²) in [4.78, 5) is 13.2. The molecular formula is C16H27NO5Si. The van der Waals surface area contributed by atoms with E-state index >= 15 is 0 Å². The molecule has 0 aromatic rings. The summed E-state index contributed by atoms with van der Waals surface area (Å²) in [6.45, 7) is 11.5. The molecule has 0 saturated carbocycles. The molecule has 0 aromatic carbocycles. The lowest BCUT2D eigenvalue weighted by molar-refractivity contribution is -0.0507. The monoisotopic (exact) mass is 341 g/mol. The van der Waals surface area contributed by atoms with E-state index in [1.54, 1.807) is 0 Å². The van der Waals surface area contributed by atoms with Crippen molar-refractivity contribution in [1.82, 2.24) is 4.90 Å². The first kappa shape index (κ1) is 17.9. The summed E-state index contributed by atoms with van der Waals surface area (Å²) >= 11 is 0. The predicted molar refractivity (Wildman–Crippen MR) is 89.2 cm³/mol. The summed E-state index contributed by atoms with van der Waals surface area (Å²) in [6, 6.07) is 0.214. The molecule has 2 atom stereocenters. The molecular weight excluding hydrogens is 314 g/mol. The number of hydrogen-bond donors (Lipinski definition) is 0. The van der Waals surface area contributed by atoms with Crippen LogP contribution in [0.15, 0.2) is 24.1 Å². The quantitative estimate of drug-likeness (QED) is 0.435. The highest BCUT2D eigenvalue weighted by Crippen LogP contribution is 2.42. The molecule has 0 aliphatic carbocycles. The second-order valence-electron chi connectivity index (χ2n) is 7.19. The Morgan fingerprint density at radius 3 is 2.78 bits per heavy atom. The highest BCUT2D eigenvalue weighted by Gasteiger charge is 2.49. The van der Waals surface area contributed by atoms with Crippen LogP contribution >= 0.6 is 0 Å². The molecule has 130 valence electrons. The van der Waals surface area contributed by atoms with Crippen LogP contribution in [0.3, 0.4) is 0 Å². The van der Waals surface area contributed by atoms with Gasteiger partial charge < -0.3 is 23.5 Å². The summed E-state index contributed by atoms with van der Waals surface area (Å²) in [7, 11) is -0.414. The fraction of sp³-hybridized carbons (Fsp3) is 0.688. The molecule has 0 spiro atoms. The van der Waals surface area contributed by atoms with Gasteiger partial charge in [-0.05, 0) is 39.6 Å². The molecule has 0 radical (unpaired) electrons. The van der Waals surface area contributed by atoms with Gasteiger partial charge in [0.1, 0.15) is 12.3 Å². The van der Waals surface area contributed by atoms with Gasteiger partial charge in [0.2, 0.25) is 8.32 Å². The van der Waals surface area contributed by atoms with Crippen LogP contribution < -0.4 is 0 Å². The second-order valence-corrected chi connectivity index (χ2v) is 11.6. The van der Waals surface area contributed by atoms with Gasteiger partial charge in [-0.15, -0.1) is 0 Å². The van der Waals surface area contributed by atoms with E-state index < -0.39 is 14.5 Å². The number of rotatable bonds is 5. The highest BCUT2D eigenvalue weighted by atomic mass is 28.4. The second kappa shape index (κ2) is 6.57. The number of carbonyl (C=O) groups excluding carboxylic acids is 1. The minimum Gasteiger partial charge on any atom is -0.533 e. The zero-order valence-electron chi connectivity index (χ0n) is 14.8. The van der Waals surface area contributed by atoms with E-state index in [2.05, 4.69) is 49.2 Å². The number of nitrogens with zero attached hydrogens (tertiary/aromatic N) is 1. The van der Waals surface area contributed by atoms with Crippen LogP contribution in [0.5, 0.6) is 0 Å². The first-order valence-corrected chi connectivity index (χ1v) is 11.3. The Kier molecular flexibility index (Phi) is 5.10. The molecule has 2 aliphatic rings. The van der Waals surface area contributed by atoms with Crippen LogP contribution in [0.25, 0.3) is 0 Å². The fourth-order valence-electron chi connectivity index (χ4n) is 2.87. The van der Waals surface area contributed by atoms with Crippen LogP contribution in [0.2, 0.25) is 19.6 Å². The van der Waals surface area contributed by atoms with Crippen molar-refractivity contribution in [1.29, 1.82) is 0 Å². The summed E-state index contributed by atoms with van der Waals surface area (Å²) < 4.78 is 21.5. The molecule has 0 N–H and O–H groups in total. The largest absolute Gasteiger partial charge is 0.533 e. The van der Waals surface area contributed by atoms with Crippen LogP contribution in [-0.2, 0) is 18.6 Å². The number of hydrogen-bond acceptors (Lipinski definition) is 6. The van der Waals surface area contributed by atoms with Crippen molar-refractivity contribution < 1.29 is 23.4 Å². The fourth-order valence-corrected chi connectivity index (χ4v) is 3.66. The summed E-state index contributed by atoms with van der Waals surface area (Å²) in [5, 5.41) is 0. The Morgan fingerprint density at radius 2 is 2.17 bits per heavy atom. The molecule has 1 unspecified atom stereocenters. The van der Waals surface area contributed by atoms with E-state index in [1.807, 2.05) is 12.2 Å². The maximum atomic E-state index is 11.0. The number of methoxy groups -OCH3 is 1. The topological polar surface area (TPSA) is 57.2 Å². The van der Waals surface area contributed by atoms with Crippen LogP contribution in [0.4, 0.5) is 4.79 Å². The summed E-state index contributed by atoms with van der Waals surface area (Å²) in [5.74, 6) is 1.07. The maximum absolute atomic E-state index is 11.0. The van der Waals surface area contributed by atoms with Gasteiger partial charge in [0.15, 0.2) is 5.88 Å². The van der Waals surface area contributed by atoms with E-state index in [0.717, 1.165) is 5.88 Å². The molecule has 0 bridgehead atoms. The molecule has 2 rings (SSSR count). The van der Waals surface area contributed by atoms with E-state index in [9.17, 15) is 4.79 Å². The van der Waals surface area contributed by atoms with Gasteiger partial charge in [-0.1, -0.05) is 12.2 Å². The van der Waals surface area contributed by atoms with Crippen LogP contribution in [-0.4, -0.2) is 51.5 Å². The van der Waals surface area contributed by atoms with Crippen molar-refractivity contribution in [3.63, 3.8) is 0 Å². The van der Waals surface area contributed by atoms with Gasteiger partial charge in [-0.2, -0.15) is 0 Å². The molecule has 7 heteroatoms. The zero-order chi connectivity index (χ0) is 17.3. The van der Waals surface area contributed by atoms with Crippen molar-refractivity contribution in [2.75, 3.05) is 20.3 Å². The molecule has 2 aliphatic heterocycles. The summed E-state index contributed by atoms with van der Waals surface area (Å²) in [5.41, 5.74) is -0.374. The van der Waals surface area contributed by atoms with Gasteiger partial charge in [0, 0.05) is 5.92 Å². The number of carbonyl (C=O) groups is 1. The minimum absolute atomic E-state index is 0.171. The van der Waals surface area contributed by atoms with Crippen LogP contribution in [0.1, 0.15) is 13.8 Å². The van der Waals surface area contributed by atoms with Crippen molar-refractivity contribution in [2.24, 2.45) is 5.92 Å². The third kappa shape index (κ3) is 4.29. The first-order valence-electron chi connectivity index (χ1n) is 7.85. The Labute approximate surface area is 139 Å². The third-order valence-electron chi connectivity index (χ3n) is 3.77. The zero-order valence-corrected chi connectivity index (χ0v) is 15.8. The van der Waals surface area contributed by atoms with E-state index in [-0.39, 0.29) is 24.3 Å². The van der Waals surface area contributed by atoms with Gasteiger partial charge in [0.25, 0.3) is 0 Å². The SMILES string of the molecule is COC(=O)OC/C=C/C1C=C(O[Si](C)(C)C)N2[C@@H]1COC2(C)C. The third-order valence-corrected chi connectivity index (χ3v) is 4.59. The van der Waals surface area contributed by atoms with Gasteiger partial charge in [-0.25, -0.2) is 4.79 Å². The van der Waals surface area contributed by atoms with E-state index in [1.165, 1.54) is 7.11 Å². The molecule has 1 fully saturated rings.